The summed E-state index contributed by atoms with van der Waals surface area (Å²) in [6.07, 6.45) is 10.7. The molecule has 196 valence electrons. The van der Waals surface area contributed by atoms with Crippen LogP contribution in [0.25, 0.3) is 0 Å². The maximum Gasteiger partial charge on any atom is 0.269 e. The van der Waals surface area contributed by atoms with Crippen molar-refractivity contribution in [1.82, 2.24) is 4.31 Å². The minimum atomic E-state index is -3.73. The molecule has 1 N–H and O–H groups in total. The smallest absolute Gasteiger partial charge is 0.269 e. The molecule has 6 rings (SSSR count). The second-order valence-electron chi connectivity index (χ2n) is 10.8. The van der Waals surface area contributed by atoms with E-state index in [1.165, 1.54) is 17.2 Å². The number of aliphatic hydroxyl groups excluding tert-OH is 1. The molecule has 2 aromatic carbocycles. The maximum atomic E-state index is 12.8. The van der Waals surface area contributed by atoms with E-state index in [1.807, 2.05) is 12.1 Å². The SMILES string of the molecule is COc1ccc2c3c1OC1CC(O)C=CC31CCC(CCCCCN1C(=O)c3ccccc3S1(=O)=O)C2. The molecule has 0 radical (unpaired) electrons. The van der Waals surface area contributed by atoms with Gasteiger partial charge in [0.25, 0.3) is 15.9 Å². The molecule has 0 fully saturated rings. The highest BCUT2D eigenvalue weighted by Gasteiger charge is 2.52. The Hall–Kier alpha value is -2.84. The van der Waals surface area contributed by atoms with Crippen molar-refractivity contribution in [3.05, 3.63) is 65.2 Å². The molecular formula is C29H33NO6S. The highest BCUT2D eigenvalue weighted by molar-refractivity contribution is 7.90. The zero-order chi connectivity index (χ0) is 25.8. The van der Waals surface area contributed by atoms with Crippen LogP contribution in [0.4, 0.5) is 0 Å². The molecule has 2 aliphatic carbocycles. The summed E-state index contributed by atoms with van der Waals surface area (Å²) in [5.41, 5.74) is 2.60. The molecule has 37 heavy (non-hydrogen) atoms. The summed E-state index contributed by atoms with van der Waals surface area (Å²) in [4.78, 5) is 12.7. The van der Waals surface area contributed by atoms with Crippen molar-refractivity contribution in [2.75, 3.05) is 13.7 Å². The molecule has 0 saturated heterocycles. The van der Waals surface area contributed by atoms with Crippen LogP contribution in [0.15, 0.2) is 53.4 Å². The standard InChI is InChI=1S/C29H33NO6S/c1-35-23-11-10-20-17-19(12-14-29-15-13-21(31)18-25(29)36-27(23)26(20)29)7-3-2-6-16-30-28(32)22-8-4-5-9-24(22)37(30,33)34/h4-5,8-11,13,15,19,21,25,31H,2-3,6-7,12,14,16-18H2,1H3. The van der Waals surface area contributed by atoms with Crippen LogP contribution in [0.5, 0.6) is 11.5 Å². The number of carbonyl (C=O) groups excluding carboxylic acids is 1. The molecule has 4 aliphatic rings. The lowest BCUT2D eigenvalue weighted by Gasteiger charge is -2.36. The van der Waals surface area contributed by atoms with Gasteiger partial charge in [0.05, 0.1) is 24.2 Å². The van der Waals surface area contributed by atoms with Crippen molar-refractivity contribution < 1.29 is 27.8 Å². The summed E-state index contributed by atoms with van der Waals surface area (Å²) < 4.78 is 38.6. The number of hydrogen-bond acceptors (Lipinski definition) is 6. The van der Waals surface area contributed by atoms with Crippen LogP contribution in [-0.4, -0.2) is 49.6 Å². The molecule has 4 atom stereocenters. The summed E-state index contributed by atoms with van der Waals surface area (Å²) in [7, 11) is -2.06. The average molecular weight is 524 g/mol. The fourth-order valence-electron chi connectivity index (χ4n) is 6.79. The molecule has 7 nitrogen and oxygen atoms in total. The number of aliphatic hydroxyl groups is 1. The third-order valence-corrected chi connectivity index (χ3v) is 10.5. The van der Waals surface area contributed by atoms with E-state index in [1.54, 1.807) is 25.3 Å². The second-order valence-corrected chi connectivity index (χ2v) is 12.6. The summed E-state index contributed by atoms with van der Waals surface area (Å²) in [6, 6.07) is 10.6. The van der Waals surface area contributed by atoms with E-state index in [0.717, 1.165) is 54.3 Å². The number of ether oxygens (including phenoxy) is 2. The van der Waals surface area contributed by atoms with Gasteiger partial charge in [0.2, 0.25) is 0 Å². The molecule has 8 heteroatoms. The topological polar surface area (TPSA) is 93.1 Å². The van der Waals surface area contributed by atoms with Crippen LogP contribution in [0.3, 0.4) is 0 Å². The first-order valence-electron chi connectivity index (χ1n) is 13.3. The first-order valence-corrected chi connectivity index (χ1v) is 14.7. The molecule has 0 bridgehead atoms. The normalized spacial score (nSPS) is 28.8. The fourth-order valence-corrected chi connectivity index (χ4v) is 8.40. The number of benzene rings is 2. The van der Waals surface area contributed by atoms with Gasteiger partial charge in [-0.05, 0) is 55.4 Å². The van der Waals surface area contributed by atoms with Crippen molar-refractivity contribution in [2.45, 2.75) is 73.9 Å². The van der Waals surface area contributed by atoms with Crippen molar-refractivity contribution in [1.29, 1.82) is 0 Å². The van der Waals surface area contributed by atoms with Gasteiger partial charge in [0, 0.05) is 18.5 Å². The Kier molecular flexibility index (Phi) is 6.07. The Balaban J connectivity index is 1.10. The molecule has 1 amide bonds. The van der Waals surface area contributed by atoms with Crippen molar-refractivity contribution in [3.63, 3.8) is 0 Å². The Morgan fingerprint density at radius 1 is 1.16 bits per heavy atom. The largest absolute Gasteiger partial charge is 0.493 e. The minimum Gasteiger partial charge on any atom is -0.493 e. The zero-order valence-corrected chi connectivity index (χ0v) is 21.9. The lowest BCUT2D eigenvalue weighted by molar-refractivity contribution is 0.0826. The second kappa shape index (κ2) is 9.17. The van der Waals surface area contributed by atoms with E-state index < -0.39 is 22.0 Å². The van der Waals surface area contributed by atoms with Crippen LogP contribution in [0.2, 0.25) is 0 Å². The molecule has 2 heterocycles. The molecule has 1 spiro atoms. The quantitative estimate of drug-likeness (QED) is 0.428. The first-order chi connectivity index (χ1) is 17.8. The van der Waals surface area contributed by atoms with Crippen molar-refractivity contribution in [3.8, 4) is 11.5 Å². The van der Waals surface area contributed by atoms with Crippen LogP contribution in [0.1, 0.15) is 66.4 Å². The third-order valence-electron chi connectivity index (χ3n) is 8.66. The lowest BCUT2D eigenvalue weighted by atomic mass is 9.69. The maximum absolute atomic E-state index is 12.8. The number of fused-ring (bicyclic) bond motifs is 1. The predicted octanol–water partition coefficient (Wildman–Crippen LogP) is 4.37. The first kappa shape index (κ1) is 24.5. The average Bonchev–Trinajstić information content (AvgIpc) is 3.24. The van der Waals surface area contributed by atoms with E-state index >= 15 is 0 Å². The lowest BCUT2D eigenvalue weighted by Crippen LogP contribution is -2.41. The van der Waals surface area contributed by atoms with Gasteiger partial charge in [-0.3, -0.25) is 4.79 Å². The van der Waals surface area contributed by atoms with Gasteiger partial charge in [-0.1, -0.05) is 49.6 Å². The number of amides is 1. The van der Waals surface area contributed by atoms with E-state index in [0.29, 0.717) is 18.8 Å². The van der Waals surface area contributed by atoms with E-state index in [-0.39, 0.29) is 28.5 Å². The Morgan fingerprint density at radius 2 is 2.00 bits per heavy atom. The van der Waals surface area contributed by atoms with E-state index in [2.05, 4.69) is 12.1 Å². The molecule has 2 aromatic rings. The molecule has 0 saturated carbocycles. The minimum absolute atomic E-state index is 0.0830. The van der Waals surface area contributed by atoms with Gasteiger partial charge in [0.1, 0.15) is 11.0 Å². The summed E-state index contributed by atoms with van der Waals surface area (Å²) in [5, 5.41) is 10.3. The van der Waals surface area contributed by atoms with Gasteiger partial charge < -0.3 is 14.6 Å². The van der Waals surface area contributed by atoms with E-state index in [4.69, 9.17) is 9.47 Å². The number of hydrogen-bond donors (Lipinski definition) is 1. The summed E-state index contributed by atoms with van der Waals surface area (Å²) in [6.45, 7) is 0.224. The monoisotopic (exact) mass is 523 g/mol. The number of unbranched alkanes of at least 4 members (excludes halogenated alkanes) is 2. The predicted molar refractivity (Wildman–Crippen MR) is 138 cm³/mol. The van der Waals surface area contributed by atoms with E-state index in [9.17, 15) is 18.3 Å². The van der Waals surface area contributed by atoms with Gasteiger partial charge >= 0.3 is 0 Å². The molecule has 4 unspecified atom stereocenters. The number of nitrogens with zero attached hydrogens (tertiary/aromatic N) is 1. The fraction of sp³-hybridized carbons (Fsp3) is 0.483. The Morgan fingerprint density at radius 3 is 2.81 bits per heavy atom. The Labute approximate surface area is 218 Å². The third kappa shape index (κ3) is 3.87. The van der Waals surface area contributed by atoms with Crippen LogP contribution < -0.4 is 9.47 Å². The van der Waals surface area contributed by atoms with Gasteiger partial charge in [-0.15, -0.1) is 0 Å². The number of sulfonamides is 1. The van der Waals surface area contributed by atoms with Gasteiger partial charge in [-0.2, -0.15) is 0 Å². The number of carbonyl (C=O) groups is 1. The molecule has 2 aliphatic heterocycles. The Bertz CT molecular complexity index is 1370. The van der Waals surface area contributed by atoms with Crippen LogP contribution in [-0.2, 0) is 21.9 Å². The van der Waals surface area contributed by atoms with Crippen LogP contribution >= 0.6 is 0 Å². The number of rotatable bonds is 7. The summed E-state index contributed by atoms with van der Waals surface area (Å²) >= 11 is 0. The number of methoxy groups -OCH3 is 1. The van der Waals surface area contributed by atoms with Crippen LogP contribution in [0, 0.1) is 5.92 Å². The molecule has 0 aromatic heterocycles. The van der Waals surface area contributed by atoms with Gasteiger partial charge in [-0.25, -0.2) is 12.7 Å². The molecular weight excluding hydrogens is 490 g/mol. The highest BCUT2D eigenvalue weighted by Crippen LogP contribution is 2.57. The van der Waals surface area contributed by atoms with Gasteiger partial charge in [0.15, 0.2) is 11.5 Å². The highest BCUT2D eigenvalue weighted by atomic mass is 32.2. The zero-order valence-electron chi connectivity index (χ0n) is 21.1. The van der Waals surface area contributed by atoms with Crippen molar-refractivity contribution in [2.24, 2.45) is 5.92 Å². The van der Waals surface area contributed by atoms with Crippen molar-refractivity contribution >= 4 is 15.9 Å². The summed E-state index contributed by atoms with van der Waals surface area (Å²) in [5.74, 6) is 1.69.